The van der Waals surface area contributed by atoms with Crippen LogP contribution in [-0.4, -0.2) is 31.7 Å². The van der Waals surface area contributed by atoms with Gasteiger partial charge in [-0.1, -0.05) is 19.1 Å². The van der Waals surface area contributed by atoms with E-state index >= 15 is 0 Å². The highest BCUT2D eigenvalue weighted by Crippen LogP contribution is 2.30. The molecule has 3 N–H and O–H groups in total. The average molecular weight is 287 g/mol. The summed E-state index contributed by atoms with van der Waals surface area (Å²) < 4.78 is 11.3. The Morgan fingerprint density at radius 1 is 1.47 bits per heavy atom. The van der Waals surface area contributed by atoms with Gasteiger partial charge in [0, 0.05) is 12.5 Å². The lowest BCUT2D eigenvalue weighted by molar-refractivity contribution is -0.124. The van der Waals surface area contributed by atoms with Crippen molar-refractivity contribution in [1.82, 2.24) is 5.32 Å². The first kappa shape index (κ1) is 15.6. The molecule has 2 atom stereocenters. The molecule has 1 amide bonds. The van der Waals surface area contributed by atoms with E-state index in [0.29, 0.717) is 19.7 Å². The fraction of sp³-hybridized carbons (Fsp3) is 0.462. The van der Waals surface area contributed by atoms with Crippen molar-refractivity contribution in [2.45, 2.75) is 13.0 Å². The predicted molar refractivity (Wildman–Crippen MR) is 74.8 cm³/mol. The maximum atomic E-state index is 11.6. The predicted octanol–water partition coefficient (Wildman–Crippen LogP) is 0.959. The summed E-state index contributed by atoms with van der Waals surface area (Å²) in [5.74, 6) is 1.23. The summed E-state index contributed by atoms with van der Waals surface area (Å²) in [5, 5.41) is 2.81. The van der Waals surface area contributed by atoms with Crippen molar-refractivity contribution >= 4 is 18.3 Å². The molecule has 0 radical (unpaired) electrons. The van der Waals surface area contributed by atoms with Gasteiger partial charge in [-0.3, -0.25) is 4.79 Å². The van der Waals surface area contributed by atoms with Gasteiger partial charge >= 0.3 is 0 Å². The molecule has 0 saturated carbocycles. The monoisotopic (exact) mass is 286 g/mol. The number of ether oxygens (including phenoxy) is 2. The van der Waals surface area contributed by atoms with Crippen molar-refractivity contribution in [3.8, 4) is 11.5 Å². The molecule has 0 bridgehead atoms. The van der Waals surface area contributed by atoms with Crippen molar-refractivity contribution in [2.75, 3.05) is 19.7 Å². The second kappa shape index (κ2) is 7.21. The molecule has 0 spiro atoms. The van der Waals surface area contributed by atoms with Gasteiger partial charge in [0.05, 0.1) is 6.54 Å². The van der Waals surface area contributed by atoms with Crippen molar-refractivity contribution in [3.63, 3.8) is 0 Å². The Balaban J connectivity index is 0.00000180. The van der Waals surface area contributed by atoms with E-state index < -0.39 is 0 Å². The molecule has 19 heavy (non-hydrogen) atoms. The van der Waals surface area contributed by atoms with Crippen LogP contribution in [0.25, 0.3) is 0 Å². The zero-order chi connectivity index (χ0) is 13.0. The number of amides is 1. The molecule has 0 fully saturated rings. The Kier molecular flexibility index (Phi) is 5.92. The van der Waals surface area contributed by atoms with Gasteiger partial charge in [-0.25, -0.2) is 0 Å². The minimum atomic E-state index is -0.179. The Bertz CT molecular complexity index is 428. The van der Waals surface area contributed by atoms with Gasteiger partial charge < -0.3 is 20.5 Å². The first-order chi connectivity index (χ1) is 8.70. The fourth-order valence-electron chi connectivity index (χ4n) is 1.66. The molecule has 1 aromatic carbocycles. The van der Waals surface area contributed by atoms with Gasteiger partial charge in [0.15, 0.2) is 11.5 Å². The zero-order valence-corrected chi connectivity index (χ0v) is 11.6. The summed E-state index contributed by atoms with van der Waals surface area (Å²) in [7, 11) is 0. The lowest BCUT2D eigenvalue weighted by atomic mass is 10.1. The third-order valence-corrected chi connectivity index (χ3v) is 2.87. The molecule has 1 aliphatic rings. The van der Waals surface area contributed by atoms with E-state index in [-0.39, 0.29) is 30.3 Å². The van der Waals surface area contributed by atoms with Gasteiger partial charge in [-0.2, -0.15) is 0 Å². The van der Waals surface area contributed by atoms with Gasteiger partial charge in [0.2, 0.25) is 5.91 Å². The number of benzene rings is 1. The van der Waals surface area contributed by atoms with Crippen LogP contribution in [0.4, 0.5) is 0 Å². The van der Waals surface area contributed by atoms with E-state index in [4.69, 9.17) is 15.2 Å². The fourth-order valence-corrected chi connectivity index (χ4v) is 1.66. The number of hydrogen-bond acceptors (Lipinski definition) is 4. The SMILES string of the molecule is CC(CN)C(=O)NCC1COc2ccccc2O1.Cl. The lowest BCUT2D eigenvalue weighted by Gasteiger charge is -2.26. The molecular formula is C13H19ClN2O3. The molecule has 106 valence electrons. The molecule has 1 heterocycles. The largest absolute Gasteiger partial charge is 0.486 e. The van der Waals surface area contributed by atoms with E-state index in [0.717, 1.165) is 11.5 Å². The standard InChI is InChI=1S/C13H18N2O3.ClH/c1-9(6-14)13(16)15-7-10-8-17-11-4-2-3-5-12(11)18-10;/h2-5,9-10H,6-8,14H2,1H3,(H,15,16);1H. The van der Waals surface area contributed by atoms with Crippen LogP contribution in [-0.2, 0) is 4.79 Å². The van der Waals surface area contributed by atoms with Gasteiger partial charge in [-0.15, -0.1) is 12.4 Å². The second-order valence-electron chi connectivity index (χ2n) is 4.38. The highest BCUT2D eigenvalue weighted by molar-refractivity contribution is 5.85. The molecule has 0 aliphatic carbocycles. The number of fused-ring (bicyclic) bond motifs is 1. The number of nitrogens with one attached hydrogen (secondary N) is 1. The molecular weight excluding hydrogens is 268 g/mol. The van der Waals surface area contributed by atoms with Gasteiger partial charge in [0.1, 0.15) is 12.7 Å². The summed E-state index contributed by atoms with van der Waals surface area (Å²) in [5.41, 5.74) is 5.43. The molecule has 0 aromatic heterocycles. The van der Waals surface area contributed by atoms with Crippen LogP contribution in [0.15, 0.2) is 24.3 Å². The highest BCUT2D eigenvalue weighted by Gasteiger charge is 2.21. The van der Waals surface area contributed by atoms with E-state index in [2.05, 4.69) is 5.32 Å². The Morgan fingerprint density at radius 2 is 2.16 bits per heavy atom. The summed E-state index contributed by atoms with van der Waals surface area (Å²) in [6, 6.07) is 7.50. The van der Waals surface area contributed by atoms with Gasteiger partial charge in [0.25, 0.3) is 0 Å². The van der Waals surface area contributed by atoms with Crippen LogP contribution < -0.4 is 20.5 Å². The molecule has 2 unspecified atom stereocenters. The number of hydrogen-bond donors (Lipinski definition) is 2. The summed E-state index contributed by atoms with van der Waals surface area (Å²) in [6.07, 6.45) is -0.158. The molecule has 6 heteroatoms. The maximum absolute atomic E-state index is 11.6. The Morgan fingerprint density at radius 3 is 2.84 bits per heavy atom. The number of para-hydroxylation sites is 2. The molecule has 0 saturated heterocycles. The van der Waals surface area contributed by atoms with Crippen LogP contribution in [0, 0.1) is 5.92 Å². The van der Waals surface area contributed by atoms with Gasteiger partial charge in [-0.05, 0) is 12.1 Å². The number of halogens is 1. The average Bonchev–Trinajstić information content (AvgIpc) is 2.43. The van der Waals surface area contributed by atoms with Crippen LogP contribution in [0.1, 0.15) is 6.92 Å². The minimum absolute atomic E-state index is 0. The lowest BCUT2D eigenvalue weighted by Crippen LogP contribution is -2.43. The van der Waals surface area contributed by atoms with Crippen molar-refractivity contribution in [1.29, 1.82) is 0 Å². The molecule has 1 aromatic rings. The highest BCUT2D eigenvalue weighted by atomic mass is 35.5. The quantitative estimate of drug-likeness (QED) is 0.865. The van der Waals surface area contributed by atoms with Crippen molar-refractivity contribution < 1.29 is 14.3 Å². The van der Waals surface area contributed by atoms with Crippen molar-refractivity contribution in [2.24, 2.45) is 11.7 Å². The Hall–Kier alpha value is -1.46. The van der Waals surface area contributed by atoms with E-state index in [1.807, 2.05) is 24.3 Å². The van der Waals surface area contributed by atoms with Crippen LogP contribution in [0.2, 0.25) is 0 Å². The van der Waals surface area contributed by atoms with Crippen LogP contribution in [0.5, 0.6) is 11.5 Å². The van der Waals surface area contributed by atoms with Crippen LogP contribution >= 0.6 is 12.4 Å². The second-order valence-corrected chi connectivity index (χ2v) is 4.38. The maximum Gasteiger partial charge on any atom is 0.224 e. The van der Waals surface area contributed by atoms with Crippen LogP contribution in [0.3, 0.4) is 0 Å². The number of nitrogens with two attached hydrogens (primary N) is 1. The first-order valence-corrected chi connectivity index (χ1v) is 6.07. The van der Waals surface area contributed by atoms with E-state index in [9.17, 15) is 4.79 Å². The topological polar surface area (TPSA) is 73.6 Å². The third kappa shape index (κ3) is 4.01. The number of carbonyl (C=O) groups excluding carboxylic acids is 1. The van der Waals surface area contributed by atoms with E-state index in [1.165, 1.54) is 0 Å². The summed E-state index contributed by atoms with van der Waals surface area (Å²) >= 11 is 0. The number of carbonyl (C=O) groups is 1. The smallest absolute Gasteiger partial charge is 0.224 e. The molecule has 5 nitrogen and oxygen atoms in total. The summed E-state index contributed by atoms with van der Waals surface area (Å²) in [4.78, 5) is 11.6. The summed E-state index contributed by atoms with van der Waals surface area (Å²) in [6.45, 7) is 3.01. The Labute approximate surface area is 118 Å². The first-order valence-electron chi connectivity index (χ1n) is 6.07. The van der Waals surface area contributed by atoms with Crippen molar-refractivity contribution in [3.05, 3.63) is 24.3 Å². The van der Waals surface area contributed by atoms with E-state index in [1.54, 1.807) is 6.92 Å². The third-order valence-electron chi connectivity index (χ3n) is 2.87. The molecule has 2 rings (SSSR count). The normalized spacial score (nSPS) is 18.1. The number of rotatable bonds is 4. The molecule has 1 aliphatic heterocycles. The minimum Gasteiger partial charge on any atom is -0.486 e. The zero-order valence-electron chi connectivity index (χ0n) is 10.8.